The van der Waals surface area contributed by atoms with Crippen molar-refractivity contribution in [3.63, 3.8) is 0 Å². The molecule has 0 atom stereocenters. The van der Waals surface area contributed by atoms with Crippen molar-refractivity contribution < 1.29 is 0 Å². The van der Waals surface area contributed by atoms with Crippen LogP contribution in [0.3, 0.4) is 0 Å². The summed E-state index contributed by atoms with van der Waals surface area (Å²) >= 11 is 0. The number of fused-ring (bicyclic) bond motifs is 4. The van der Waals surface area contributed by atoms with Crippen molar-refractivity contribution >= 4 is 57.2 Å². The Bertz CT molecular complexity index is 2640. The number of rotatable bonds is 5. The smallest absolute Gasteiger partial charge is 0.252 e. The van der Waals surface area contributed by atoms with Gasteiger partial charge in [0.1, 0.15) is 0 Å². The Morgan fingerprint density at radius 1 is 0.373 bits per heavy atom. The van der Waals surface area contributed by atoms with Crippen molar-refractivity contribution in [1.82, 2.24) is 4.98 Å². The average molecular weight is 762 g/mol. The molecule has 0 N–H and O–H groups in total. The zero-order valence-corrected chi connectivity index (χ0v) is 34.7. The first-order valence-electron chi connectivity index (χ1n) is 20.8. The molecule has 0 aliphatic carbocycles. The van der Waals surface area contributed by atoms with E-state index in [0.717, 1.165) is 45.0 Å². The third-order valence-corrected chi connectivity index (χ3v) is 12.2. The summed E-state index contributed by atoms with van der Waals surface area (Å²) in [6.07, 6.45) is 0. The van der Waals surface area contributed by atoms with Gasteiger partial charge in [-0.3, -0.25) is 0 Å². The Balaban J connectivity index is 1.28. The molecule has 59 heavy (non-hydrogen) atoms. The highest BCUT2D eigenvalue weighted by molar-refractivity contribution is 7.00. The molecule has 286 valence electrons. The highest BCUT2D eigenvalue weighted by atomic mass is 15.2. The second-order valence-electron chi connectivity index (χ2n) is 18.1. The lowest BCUT2D eigenvalue weighted by Crippen LogP contribution is -2.61. The van der Waals surface area contributed by atoms with Crippen molar-refractivity contribution in [3.8, 4) is 33.6 Å². The second-order valence-corrected chi connectivity index (χ2v) is 18.1. The molecule has 2 aliphatic heterocycles. The van der Waals surface area contributed by atoms with Gasteiger partial charge in [0.15, 0.2) is 0 Å². The molecule has 10 rings (SSSR count). The van der Waals surface area contributed by atoms with Gasteiger partial charge < -0.3 is 9.80 Å². The minimum absolute atomic E-state index is 0.0418. The number of para-hydroxylation sites is 2. The Morgan fingerprint density at radius 2 is 0.780 bits per heavy atom. The lowest BCUT2D eigenvalue weighted by molar-refractivity contribution is 0.590. The van der Waals surface area contributed by atoms with Gasteiger partial charge in [-0.25, -0.2) is 4.98 Å². The van der Waals surface area contributed by atoms with Crippen LogP contribution in [0.25, 0.3) is 33.6 Å². The van der Waals surface area contributed by atoms with E-state index >= 15 is 0 Å². The third kappa shape index (κ3) is 6.44. The van der Waals surface area contributed by atoms with Crippen LogP contribution in [-0.4, -0.2) is 11.7 Å². The molecule has 0 spiro atoms. The van der Waals surface area contributed by atoms with E-state index in [1.54, 1.807) is 0 Å². The Kier molecular flexibility index (Phi) is 8.72. The summed E-state index contributed by atoms with van der Waals surface area (Å²) in [7, 11) is 0. The van der Waals surface area contributed by atoms with Crippen molar-refractivity contribution in [2.45, 2.75) is 52.4 Å². The topological polar surface area (TPSA) is 19.4 Å². The molecule has 0 fully saturated rings. The van der Waals surface area contributed by atoms with Crippen LogP contribution in [0.4, 0.5) is 34.1 Å². The van der Waals surface area contributed by atoms with Gasteiger partial charge in [0.25, 0.3) is 6.71 Å². The molecule has 0 saturated heterocycles. The summed E-state index contributed by atoms with van der Waals surface area (Å²) in [5.74, 6) is 0. The van der Waals surface area contributed by atoms with Crippen LogP contribution >= 0.6 is 0 Å². The summed E-state index contributed by atoms with van der Waals surface area (Å²) < 4.78 is 0. The zero-order chi connectivity index (χ0) is 40.5. The molecule has 0 saturated carbocycles. The maximum atomic E-state index is 5.49. The minimum Gasteiger partial charge on any atom is -0.311 e. The maximum absolute atomic E-state index is 5.49. The van der Waals surface area contributed by atoms with Crippen LogP contribution in [0.5, 0.6) is 0 Å². The number of hydrogen-bond acceptors (Lipinski definition) is 3. The summed E-state index contributed by atoms with van der Waals surface area (Å²) in [6.45, 7) is 13.7. The van der Waals surface area contributed by atoms with E-state index in [0.29, 0.717) is 0 Å². The van der Waals surface area contributed by atoms with Gasteiger partial charge >= 0.3 is 0 Å². The molecule has 2 aliphatic rings. The van der Waals surface area contributed by atoms with Crippen LogP contribution in [-0.2, 0) is 10.8 Å². The quantitative estimate of drug-likeness (QED) is 0.163. The van der Waals surface area contributed by atoms with Crippen molar-refractivity contribution in [2.75, 3.05) is 9.80 Å². The SMILES string of the molecule is CC(C)(C)c1ccc(N2c3ccccc3B3c4ccccc4N(c4ccc(C(C)(C)C)cc4)c4cc(-c5cc(-c6ccccc6)cc(-c6ccccc6)n5)cc2c43)cc1. The van der Waals surface area contributed by atoms with Gasteiger partial charge in [-0.1, -0.05) is 163 Å². The lowest BCUT2D eigenvalue weighted by atomic mass is 9.33. The van der Waals surface area contributed by atoms with Gasteiger partial charge in [0.2, 0.25) is 0 Å². The fourth-order valence-electron chi connectivity index (χ4n) is 9.06. The number of anilines is 6. The molecule has 0 unspecified atom stereocenters. The number of pyridine rings is 1. The monoisotopic (exact) mass is 761 g/mol. The molecule has 7 aromatic carbocycles. The molecular weight excluding hydrogens is 713 g/mol. The molecule has 3 nitrogen and oxygen atoms in total. The fourth-order valence-corrected chi connectivity index (χ4v) is 9.06. The molecular formula is C55H48BN3. The van der Waals surface area contributed by atoms with E-state index in [4.69, 9.17) is 4.98 Å². The summed E-state index contributed by atoms with van der Waals surface area (Å²) in [5.41, 5.74) is 20.0. The molecule has 4 heteroatoms. The van der Waals surface area contributed by atoms with Crippen LogP contribution < -0.4 is 26.2 Å². The van der Waals surface area contributed by atoms with Gasteiger partial charge in [0, 0.05) is 45.3 Å². The van der Waals surface area contributed by atoms with E-state index in [9.17, 15) is 0 Å². The Labute approximate surface area is 349 Å². The van der Waals surface area contributed by atoms with Gasteiger partial charge in [-0.15, -0.1) is 0 Å². The largest absolute Gasteiger partial charge is 0.311 e. The van der Waals surface area contributed by atoms with Crippen LogP contribution in [0.1, 0.15) is 52.7 Å². The van der Waals surface area contributed by atoms with E-state index in [1.165, 1.54) is 50.3 Å². The van der Waals surface area contributed by atoms with Crippen LogP contribution in [0, 0.1) is 0 Å². The zero-order valence-electron chi connectivity index (χ0n) is 34.7. The third-order valence-electron chi connectivity index (χ3n) is 12.2. The molecule has 0 amide bonds. The van der Waals surface area contributed by atoms with Crippen LogP contribution in [0.2, 0.25) is 0 Å². The first-order chi connectivity index (χ1) is 28.5. The number of aromatic nitrogens is 1. The van der Waals surface area contributed by atoms with Gasteiger partial charge in [0.05, 0.1) is 11.4 Å². The van der Waals surface area contributed by atoms with E-state index in [1.807, 2.05) is 0 Å². The van der Waals surface area contributed by atoms with Crippen molar-refractivity contribution in [2.24, 2.45) is 0 Å². The molecule has 0 radical (unpaired) electrons. The number of hydrogen-bond donors (Lipinski definition) is 0. The second kappa shape index (κ2) is 14.0. The Hall–Kier alpha value is -6.65. The first kappa shape index (κ1) is 36.7. The van der Waals surface area contributed by atoms with Gasteiger partial charge in [-0.2, -0.15) is 0 Å². The summed E-state index contributed by atoms with van der Waals surface area (Å²) in [4.78, 5) is 10.5. The van der Waals surface area contributed by atoms with E-state index in [-0.39, 0.29) is 17.5 Å². The molecule has 3 heterocycles. The van der Waals surface area contributed by atoms with E-state index in [2.05, 4.69) is 233 Å². The fraction of sp³-hybridized carbons (Fsp3) is 0.145. The highest BCUT2D eigenvalue weighted by Gasteiger charge is 2.43. The standard InChI is InChI=1S/C55H48BN3/c1-54(2,3)41-25-29-43(30-26-41)58-49-23-15-13-21-45(49)56-46-22-14-16-24-50(46)59(44-31-27-42(28-32-44)55(4,5)6)52-36-40(35-51(58)53(52)56)48-34-39(37-17-9-7-10-18-37)33-47(57-48)38-19-11-8-12-20-38/h7-36H,1-6H3. The van der Waals surface area contributed by atoms with Gasteiger partial charge in [-0.05, 0) is 110 Å². The maximum Gasteiger partial charge on any atom is 0.252 e. The number of nitrogens with zero attached hydrogens (tertiary/aromatic N) is 3. The van der Waals surface area contributed by atoms with Crippen LogP contribution in [0.15, 0.2) is 182 Å². The number of benzene rings is 7. The lowest BCUT2D eigenvalue weighted by Gasteiger charge is -2.44. The normalized spacial score (nSPS) is 13.2. The highest BCUT2D eigenvalue weighted by Crippen LogP contribution is 2.46. The molecule has 0 bridgehead atoms. The predicted molar refractivity (Wildman–Crippen MR) is 252 cm³/mol. The van der Waals surface area contributed by atoms with E-state index < -0.39 is 0 Å². The van der Waals surface area contributed by atoms with Crippen molar-refractivity contribution in [1.29, 1.82) is 0 Å². The minimum atomic E-state index is 0.0418. The van der Waals surface area contributed by atoms with Crippen molar-refractivity contribution in [3.05, 3.63) is 193 Å². The Morgan fingerprint density at radius 3 is 1.24 bits per heavy atom. The first-order valence-corrected chi connectivity index (χ1v) is 20.8. The average Bonchev–Trinajstić information content (AvgIpc) is 3.26. The molecule has 8 aromatic rings. The summed E-state index contributed by atoms with van der Waals surface area (Å²) in [5, 5.41) is 0. The molecule has 1 aromatic heterocycles. The summed E-state index contributed by atoms with van der Waals surface area (Å²) in [6, 6.07) is 67.0. The predicted octanol–water partition coefficient (Wildman–Crippen LogP) is 12.8.